The van der Waals surface area contributed by atoms with Gasteiger partial charge in [-0.15, -0.1) is 0 Å². The Morgan fingerprint density at radius 3 is 2.81 bits per heavy atom. The second-order valence-corrected chi connectivity index (χ2v) is 9.77. The first-order valence-corrected chi connectivity index (χ1v) is 11.2. The maximum Gasteiger partial charge on any atom is 0.155 e. The minimum Gasteiger partial charge on any atom is -0.370 e. The summed E-state index contributed by atoms with van der Waals surface area (Å²) in [7, 11) is 0. The third-order valence-corrected chi connectivity index (χ3v) is 9.29. The van der Waals surface area contributed by atoms with Gasteiger partial charge in [-0.2, -0.15) is 0 Å². The average molecular weight is 355 g/mol. The normalized spacial score (nSPS) is 48.0. The van der Waals surface area contributed by atoms with Gasteiger partial charge in [-0.25, -0.2) is 0 Å². The van der Waals surface area contributed by atoms with Gasteiger partial charge >= 0.3 is 0 Å². The van der Waals surface area contributed by atoms with Gasteiger partial charge in [0, 0.05) is 18.4 Å². The molecule has 0 unspecified atom stereocenters. The summed E-state index contributed by atoms with van der Waals surface area (Å²) in [6, 6.07) is 0. The molecule has 6 atom stereocenters. The van der Waals surface area contributed by atoms with Crippen molar-refractivity contribution < 1.29 is 9.53 Å². The van der Waals surface area contributed by atoms with E-state index < -0.39 is 0 Å². The molecule has 1 spiro atoms. The van der Waals surface area contributed by atoms with Crippen molar-refractivity contribution in [2.75, 3.05) is 6.61 Å². The molecule has 0 aromatic carbocycles. The number of carbonyl (C=O) groups excluding carboxylic acids is 1. The molecule has 3 saturated carbocycles. The van der Waals surface area contributed by atoms with Crippen molar-refractivity contribution in [1.29, 1.82) is 0 Å². The zero-order valence-corrected chi connectivity index (χ0v) is 16.4. The molecular formula is C24H34O2. The van der Waals surface area contributed by atoms with Crippen LogP contribution in [0.15, 0.2) is 23.8 Å². The first-order chi connectivity index (χ1) is 12.6. The highest BCUT2D eigenvalue weighted by Gasteiger charge is 2.65. The lowest BCUT2D eigenvalue weighted by atomic mass is 9.48. The molecule has 5 rings (SSSR count). The van der Waals surface area contributed by atoms with Crippen LogP contribution in [-0.4, -0.2) is 18.0 Å². The van der Waals surface area contributed by atoms with Crippen molar-refractivity contribution in [2.45, 2.75) is 83.2 Å². The molecule has 142 valence electrons. The summed E-state index contributed by atoms with van der Waals surface area (Å²) in [5.74, 6) is 3.55. The first-order valence-electron chi connectivity index (χ1n) is 11.2. The Morgan fingerprint density at radius 1 is 1.12 bits per heavy atom. The highest BCUT2D eigenvalue weighted by molar-refractivity contribution is 5.91. The summed E-state index contributed by atoms with van der Waals surface area (Å²) in [4.78, 5) is 11.9. The quantitative estimate of drug-likeness (QED) is 0.571. The summed E-state index contributed by atoms with van der Waals surface area (Å²) < 4.78 is 6.65. The Balaban J connectivity index is 1.49. The van der Waals surface area contributed by atoms with Crippen molar-refractivity contribution in [2.24, 2.45) is 29.1 Å². The number of ether oxygens (including phenoxy) is 1. The lowest BCUT2D eigenvalue weighted by Crippen LogP contribution is -2.56. The molecule has 0 bridgehead atoms. The highest BCUT2D eigenvalue weighted by atomic mass is 16.5. The molecule has 1 aliphatic heterocycles. The van der Waals surface area contributed by atoms with Crippen molar-refractivity contribution in [3.8, 4) is 0 Å². The Hall–Kier alpha value is -0.890. The molecule has 1 saturated heterocycles. The van der Waals surface area contributed by atoms with Crippen LogP contribution in [0.2, 0.25) is 0 Å². The van der Waals surface area contributed by atoms with Crippen LogP contribution in [0.4, 0.5) is 0 Å². The molecule has 5 aliphatic rings. The second kappa shape index (κ2) is 6.06. The van der Waals surface area contributed by atoms with Gasteiger partial charge in [0.05, 0.1) is 5.60 Å². The summed E-state index contributed by atoms with van der Waals surface area (Å²) in [5.41, 5.74) is 3.22. The average Bonchev–Trinajstić information content (AvgIpc) is 2.99. The predicted molar refractivity (Wildman–Crippen MR) is 104 cm³/mol. The van der Waals surface area contributed by atoms with E-state index in [1.165, 1.54) is 62.5 Å². The van der Waals surface area contributed by atoms with Crippen LogP contribution in [0.5, 0.6) is 0 Å². The number of ketones is 1. The largest absolute Gasteiger partial charge is 0.370 e. The van der Waals surface area contributed by atoms with E-state index in [-0.39, 0.29) is 5.60 Å². The molecule has 2 nitrogen and oxygen atoms in total. The number of hydrogen-bond donors (Lipinski definition) is 0. The molecule has 2 heteroatoms. The molecule has 4 aliphatic carbocycles. The van der Waals surface area contributed by atoms with Gasteiger partial charge < -0.3 is 4.74 Å². The summed E-state index contributed by atoms with van der Waals surface area (Å²) in [6.07, 6.45) is 15.1. The molecule has 0 radical (unpaired) electrons. The van der Waals surface area contributed by atoms with Gasteiger partial charge in [0.15, 0.2) is 5.78 Å². The zero-order valence-electron chi connectivity index (χ0n) is 16.4. The molecule has 0 amide bonds. The van der Waals surface area contributed by atoms with E-state index in [9.17, 15) is 4.79 Å². The third kappa shape index (κ3) is 2.11. The maximum absolute atomic E-state index is 11.9. The molecule has 26 heavy (non-hydrogen) atoms. The standard InChI is InChI=1S/C24H34O2/c1-3-23-12-10-20-19-9-7-18(25)15-17(19)6-8-21(20)22(23)11-13-24(23)16(2)5-4-14-26-24/h15,19-22H,2-14H2,1H3/t19-,20+,21+,22-,23-,24-/m0/s1. The smallest absolute Gasteiger partial charge is 0.155 e. The minimum absolute atomic E-state index is 0.0196. The topological polar surface area (TPSA) is 26.3 Å². The highest BCUT2D eigenvalue weighted by Crippen LogP contribution is 2.69. The van der Waals surface area contributed by atoms with Crippen LogP contribution in [0, 0.1) is 29.1 Å². The Bertz CT molecular complexity index is 661. The SMILES string of the molecule is C=C1CCCO[C@@]12CC[C@H]1[C@@H]3CCC4=CC(=O)CC[C@@H]4[C@H]3CC[C@@]12CC. The molecule has 4 fully saturated rings. The van der Waals surface area contributed by atoms with Crippen LogP contribution in [-0.2, 0) is 9.53 Å². The fraction of sp³-hybridized carbons (Fsp3) is 0.792. The van der Waals surface area contributed by atoms with Crippen molar-refractivity contribution >= 4 is 5.78 Å². The summed E-state index contributed by atoms with van der Waals surface area (Å²) in [6.45, 7) is 7.89. The number of carbonyl (C=O) groups is 1. The monoisotopic (exact) mass is 354 g/mol. The van der Waals surface area contributed by atoms with Crippen molar-refractivity contribution in [3.05, 3.63) is 23.8 Å². The van der Waals surface area contributed by atoms with E-state index >= 15 is 0 Å². The molecule has 0 N–H and O–H groups in total. The van der Waals surface area contributed by atoms with Crippen LogP contribution < -0.4 is 0 Å². The van der Waals surface area contributed by atoms with E-state index in [2.05, 4.69) is 13.5 Å². The van der Waals surface area contributed by atoms with E-state index in [0.29, 0.717) is 17.1 Å². The summed E-state index contributed by atoms with van der Waals surface area (Å²) in [5, 5.41) is 0. The van der Waals surface area contributed by atoms with Gasteiger partial charge in [-0.1, -0.05) is 19.1 Å². The zero-order chi connectivity index (χ0) is 17.9. The number of allylic oxidation sites excluding steroid dienone is 1. The minimum atomic E-state index is -0.0196. The maximum atomic E-state index is 11.9. The second-order valence-electron chi connectivity index (χ2n) is 9.77. The molecule has 1 heterocycles. The van der Waals surface area contributed by atoms with Gasteiger partial charge in [-0.05, 0) is 99.5 Å². The number of hydrogen-bond acceptors (Lipinski definition) is 2. The van der Waals surface area contributed by atoms with E-state index in [0.717, 1.165) is 43.6 Å². The van der Waals surface area contributed by atoms with E-state index in [1.807, 2.05) is 6.08 Å². The number of rotatable bonds is 1. The van der Waals surface area contributed by atoms with E-state index in [1.54, 1.807) is 0 Å². The Morgan fingerprint density at radius 2 is 2.00 bits per heavy atom. The third-order valence-electron chi connectivity index (χ3n) is 9.29. The van der Waals surface area contributed by atoms with Gasteiger partial charge in [0.2, 0.25) is 0 Å². The fourth-order valence-corrected chi connectivity index (χ4v) is 8.30. The van der Waals surface area contributed by atoms with Crippen molar-refractivity contribution in [3.63, 3.8) is 0 Å². The predicted octanol–water partition coefficient (Wildman–Crippen LogP) is 5.62. The fourth-order valence-electron chi connectivity index (χ4n) is 8.30. The molecular weight excluding hydrogens is 320 g/mol. The van der Waals surface area contributed by atoms with Crippen molar-refractivity contribution in [1.82, 2.24) is 0 Å². The van der Waals surface area contributed by atoms with E-state index in [4.69, 9.17) is 4.74 Å². The molecule has 0 aromatic rings. The Labute approximate surface area is 158 Å². The summed E-state index contributed by atoms with van der Waals surface area (Å²) >= 11 is 0. The lowest BCUT2D eigenvalue weighted by molar-refractivity contribution is -0.154. The first kappa shape index (κ1) is 17.2. The lowest BCUT2D eigenvalue weighted by Gasteiger charge is -2.59. The van der Waals surface area contributed by atoms with Gasteiger partial charge in [-0.3, -0.25) is 4.79 Å². The van der Waals surface area contributed by atoms with Crippen LogP contribution in [0.3, 0.4) is 0 Å². The van der Waals surface area contributed by atoms with Crippen LogP contribution >= 0.6 is 0 Å². The Kier molecular flexibility index (Phi) is 4.01. The number of fused-ring (bicyclic) bond motifs is 6. The van der Waals surface area contributed by atoms with Crippen LogP contribution in [0.25, 0.3) is 0 Å². The molecule has 0 aromatic heterocycles. The van der Waals surface area contributed by atoms with Crippen LogP contribution in [0.1, 0.15) is 77.6 Å². The van der Waals surface area contributed by atoms with Gasteiger partial charge in [0.25, 0.3) is 0 Å². The van der Waals surface area contributed by atoms with Gasteiger partial charge in [0.1, 0.15) is 0 Å².